The molecule has 0 unspecified atom stereocenters. The van der Waals surface area contributed by atoms with Crippen molar-refractivity contribution in [3.05, 3.63) is 48.6 Å². The zero-order valence-electron chi connectivity index (χ0n) is 9.85. The van der Waals surface area contributed by atoms with Crippen LogP contribution in [0.2, 0.25) is 0 Å². The maximum Gasteiger partial charge on any atom is 0.338 e. The highest BCUT2D eigenvalue weighted by Crippen LogP contribution is 2.25. The van der Waals surface area contributed by atoms with Crippen LogP contribution in [0.1, 0.15) is 18.9 Å². The average molecular weight is 232 g/mol. The average Bonchev–Trinajstić information content (AvgIpc) is 2.34. The highest BCUT2D eigenvalue weighted by molar-refractivity contribution is 6.17. The summed E-state index contributed by atoms with van der Waals surface area (Å²) < 4.78 is 4.98. The van der Waals surface area contributed by atoms with E-state index in [4.69, 9.17) is 4.74 Å². The number of carbonyl (C=O) groups excluding carboxylic acids is 1. The SMILES string of the molecule is C=CCOC(=O)C(=CCC)c1ccccc1O. The Balaban J connectivity index is 3.02. The summed E-state index contributed by atoms with van der Waals surface area (Å²) in [6.45, 7) is 5.56. The van der Waals surface area contributed by atoms with Gasteiger partial charge in [0, 0.05) is 5.56 Å². The maximum absolute atomic E-state index is 11.8. The van der Waals surface area contributed by atoms with Gasteiger partial charge in [-0.3, -0.25) is 0 Å². The van der Waals surface area contributed by atoms with Crippen LogP contribution in [0.15, 0.2) is 43.0 Å². The summed E-state index contributed by atoms with van der Waals surface area (Å²) in [4.78, 5) is 11.8. The molecule has 3 heteroatoms. The number of ether oxygens (including phenoxy) is 1. The van der Waals surface area contributed by atoms with E-state index in [2.05, 4.69) is 6.58 Å². The number of aromatic hydroxyl groups is 1. The summed E-state index contributed by atoms with van der Waals surface area (Å²) in [5.41, 5.74) is 0.871. The van der Waals surface area contributed by atoms with Crippen molar-refractivity contribution in [2.45, 2.75) is 13.3 Å². The molecule has 0 heterocycles. The molecule has 0 bridgehead atoms. The number of benzene rings is 1. The Morgan fingerprint density at radius 3 is 2.76 bits per heavy atom. The summed E-state index contributed by atoms with van der Waals surface area (Å²) in [6, 6.07) is 6.70. The third-order valence-electron chi connectivity index (χ3n) is 2.15. The second-order valence-electron chi connectivity index (χ2n) is 3.43. The normalized spacial score (nSPS) is 11.0. The number of phenolic OH excluding ortho intramolecular Hbond substituents is 1. The van der Waals surface area contributed by atoms with Crippen molar-refractivity contribution in [3.63, 3.8) is 0 Å². The predicted octanol–water partition coefficient (Wildman–Crippen LogP) is 2.91. The molecule has 0 amide bonds. The molecule has 17 heavy (non-hydrogen) atoms. The number of esters is 1. The zero-order chi connectivity index (χ0) is 12.7. The van der Waals surface area contributed by atoms with Gasteiger partial charge in [-0.15, -0.1) is 0 Å². The molecule has 0 fully saturated rings. The number of para-hydroxylation sites is 1. The van der Waals surface area contributed by atoms with E-state index in [9.17, 15) is 9.90 Å². The molecule has 0 aliphatic heterocycles. The zero-order valence-corrected chi connectivity index (χ0v) is 9.85. The largest absolute Gasteiger partial charge is 0.507 e. The Labute approximate surface area is 101 Å². The van der Waals surface area contributed by atoms with Crippen LogP contribution in [0.3, 0.4) is 0 Å². The molecule has 0 spiro atoms. The van der Waals surface area contributed by atoms with Gasteiger partial charge in [-0.1, -0.05) is 43.9 Å². The fourth-order valence-electron chi connectivity index (χ4n) is 1.42. The van der Waals surface area contributed by atoms with Crippen LogP contribution in [-0.2, 0) is 9.53 Å². The van der Waals surface area contributed by atoms with Gasteiger partial charge < -0.3 is 9.84 Å². The molecule has 0 aromatic heterocycles. The van der Waals surface area contributed by atoms with E-state index >= 15 is 0 Å². The van der Waals surface area contributed by atoms with Crippen LogP contribution in [0.4, 0.5) is 0 Å². The minimum Gasteiger partial charge on any atom is -0.507 e. The van der Waals surface area contributed by atoms with Gasteiger partial charge in [0.15, 0.2) is 0 Å². The molecule has 0 atom stereocenters. The molecule has 0 radical (unpaired) electrons. The van der Waals surface area contributed by atoms with Crippen LogP contribution in [0.25, 0.3) is 5.57 Å². The van der Waals surface area contributed by atoms with Gasteiger partial charge in [0.25, 0.3) is 0 Å². The Kier molecular flexibility index (Phi) is 5.01. The van der Waals surface area contributed by atoms with E-state index in [0.29, 0.717) is 17.6 Å². The first kappa shape index (κ1) is 13.0. The summed E-state index contributed by atoms with van der Waals surface area (Å²) in [7, 11) is 0. The lowest BCUT2D eigenvalue weighted by Gasteiger charge is -2.08. The van der Waals surface area contributed by atoms with Gasteiger partial charge >= 0.3 is 5.97 Å². The highest BCUT2D eigenvalue weighted by Gasteiger charge is 2.15. The quantitative estimate of drug-likeness (QED) is 0.482. The molecule has 1 aromatic carbocycles. The molecular formula is C14H16O3. The molecule has 0 aliphatic carbocycles. The van der Waals surface area contributed by atoms with Crippen LogP contribution < -0.4 is 0 Å². The Morgan fingerprint density at radius 1 is 1.47 bits per heavy atom. The van der Waals surface area contributed by atoms with Crippen molar-refractivity contribution in [2.24, 2.45) is 0 Å². The van der Waals surface area contributed by atoms with Crippen molar-refractivity contribution >= 4 is 11.5 Å². The summed E-state index contributed by atoms with van der Waals surface area (Å²) in [5, 5.41) is 9.71. The number of rotatable bonds is 5. The monoisotopic (exact) mass is 232 g/mol. The number of carbonyl (C=O) groups is 1. The standard InChI is InChI=1S/C14H16O3/c1-3-7-12(14(16)17-10-4-2)11-8-5-6-9-13(11)15/h4-9,15H,2-3,10H2,1H3. The predicted molar refractivity (Wildman–Crippen MR) is 67.5 cm³/mol. The van der Waals surface area contributed by atoms with E-state index in [-0.39, 0.29) is 12.4 Å². The third kappa shape index (κ3) is 3.48. The minimum atomic E-state index is -0.451. The summed E-state index contributed by atoms with van der Waals surface area (Å²) in [6.07, 6.45) is 3.93. The maximum atomic E-state index is 11.8. The smallest absolute Gasteiger partial charge is 0.338 e. The lowest BCUT2D eigenvalue weighted by Crippen LogP contribution is -2.07. The van der Waals surface area contributed by atoms with E-state index in [1.54, 1.807) is 30.3 Å². The van der Waals surface area contributed by atoms with E-state index in [1.807, 2.05) is 6.92 Å². The number of allylic oxidation sites excluding steroid dienone is 1. The van der Waals surface area contributed by atoms with Gasteiger partial charge in [0.05, 0.1) is 5.57 Å². The van der Waals surface area contributed by atoms with E-state index < -0.39 is 5.97 Å². The van der Waals surface area contributed by atoms with E-state index in [0.717, 1.165) is 0 Å². The second kappa shape index (κ2) is 6.53. The third-order valence-corrected chi connectivity index (χ3v) is 2.15. The number of hydrogen-bond acceptors (Lipinski definition) is 3. The van der Waals surface area contributed by atoms with Gasteiger partial charge in [0.1, 0.15) is 12.4 Å². The molecule has 0 aliphatic rings. The second-order valence-corrected chi connectivity index (χ2v) is 3.43. The lowest BCUT2D eigenvalue weighted by atomic mass is 10.0. The lowest BCUT2D eigenvalue weighted by molar-refractivity contribution is -0.135. The van der Waals surface area contributed by atoms with E-state index in [1.165, 1.54) is 6.08 Å². The van der Waals surface area contributed by atoms with Crippen molar-refractivity contribution in [2.75, 3.05) is 6.61 Å². The fraction of sp³-hybridized carbons (Fsp3) is 0.214. The van der Waals surface area contributed by atoms with Gasteiger partial charge in [-0.25, -0.2) is 4.79 Å². The Morgan fingerprint density at radius 2 is 2.18 bits per heavy atom. The van der Waals surface area contributed by atoms with Crippen molar-refractivity contribution < 1.29 is 14.6 Å². The van der Waals surface area contributed by atoms with Crippen molar-refractivity contribution in [1.82, 2.24) is 0 Å². The van der Waals surface area contributed by atoms with Crippen LogP contribution in [0.5, 0.6) is 5.75 Å². The topological polar surface area (TPSA) is 46.5 Å². The Hall–Kier alpha value is -2.03. The Bertz CT molecular complexity index is 433. The molecule has 3 nitrogen and oxygen atoms in total. The summed E-state index contributed by atoms with van der Waals surface area (Å²) in [5.74, 6) is -0.379. The highest BCUT2D eigenvalue weighted by atomic mass is 16.5. The molecule has 0 saturated carbocycles. The van der Waals surface area contributed by atoms with Crippen LogP contribution >= 0.6 is 0 Å². The fourth-order valence-corrected chi connectivity index (χ4v) is 1.42. The van der Waals surface area contributed by atoms with Crippen LogP contribution in [-0.4, -0.2) is 17.7 Å². The molecule has 1 rings (SSSR count). The van der Waals surface area contributed by atoms with Crippen molar-refractivity contribution in [3.8, 4) is 5.75 Å². The molecule has 1 N–H and O–H groups in total. The van der Waals surface area contributed by atoms with Gasteiger partial charge in [0.2, 0.25) is 0 Å². The van der Waals surface area contributed by atoms with Gasteiger partial charge in [-0.2, -0.15) is 0 Å². The number of phenols is 1. The molecular weight excluding hydrogens is 216 g/mol. The molecule has 90 valence electrons. The van der Waals surface area contributed by atoms with Crippen molar-refractivity contribution in [1.29, 1.82) is 0 Å². The first-order valence-electron chi connectivity index (χ1n) is 5.47. The summed E-state index contributed by atoms with van der Waals surface area (Å²) >= 11 is 0. The number of hydrogen-bond donors (Lipinski definition) is 1. The first-order valence-corrected chi connectivity index (χ1v) is 5.47. The van der Waals surface area contributed by atoms with Crippen LogP contribution in [0, 0.1) is 0 Å². The minimum absolute atomic E-state index is 0.0720. The molecule has 0 saturated heterocycles. The molecule has 1 aromatic rings. The first-order chi connectivity index (χ1) is 8.20. The van der Waals surface area contributed by atoms with Gasteiger partial charge in [-0.05, 0) is 12.5 Å².